The molecule has 33 heavy (non-hydrogen) atoms. The van der Waals surface area contributed by atoms with Crippen LogP contribution in [-0.4, -0.2) is 20.5 Å². The van der Waals surface area contributed by atoms with Crippen molar-refractivity contribution < 1.29 is 18.9 Å². The fourth-order valence-corrected chi connectivity index (χ4v) is 4.53. The predicted molar refractivity (Wildman–Crippen MR) is 138 cm³/mol. The maximum Gasteiger partial charge on any atom is 0.231 e. The largest absolute Gasteiger partial charge is 0.492 e. The first kappa shape index (κ1) is 27.4. The van der Waals surface area contributed by atoms with E-state index in [1.807, 2.05) is 12.1 Å². The Morgan fingerprint density at radius 1 is 0.788 bits per heavy atom. The number of ether oxygens (including phenoxy) is 4. The fraction of sp³-hybridized carbons (Fsp3) is 0.724. The summed E-state index contributed by atoms with van der Waals surface area (Å²) >= 11 is 0. The van der Waals surface area contributed by atoms with Crippen LogP contribution >= 0.6 is 0 Å². The van der Waals surface area contributed by atoms with E-state index in [0.717, 1.165) is 23.5 Å². The van der Waals surface area contributed by atoms with Gasteiger partial charge in [-0.25, -0.2) is 0 Å². The molecule has 1 aliphatic rings. The minimum Gasteiger partial charge on any atom is -0.492 e. The van der Waals surface area contributed by atoms with Gasteiger partial charge >= 0.3 is 0 Å². The number of hydrogen-bond donors (Lipinski definition) is 0. The number of unbranched alkanes of at least 4 members (excludes halogenated alkanes) is 15. The monoisotopic (exact) mass is 460 g/mol. The molecule has 1 heterocycles. The molecule has 2 rings (SSSR count). The van der Waals surface area contributed by atoms with Crippen LogP contribution < -0.4 is 18.9 Å². The number of allylic oxidation sites excluding steroid dienone is 1. The summed E-state index contributed by atoms with van der Waals surface area (Å²) in [5.41, 5.74) is 1.01. The summed E-state index contributed by atoms with van der Waals surface area (Å²) in [6.45, 7) is 7.02. The highest BCUT2D eigenvalue weighted by Crippen LogP contribution is 2.49. The maximum absolute atomic E-state index is 6.11. The molecule has 0 bridgehead atoms. The van der Waals surface area contributed by atoms with E-state index >= 15 is 0 Å². The van der Waals surface area contributed by atoms with E-state index in [2.05, 4.69) is 13.5 Å². The van der Waals surface area contributed by atoms with E-state index in [-0.39, 0.29) is 6.79 Å². The highest BCUT2D eigenvalue weighted by molar-refractivity contribution is 5.64. The molecule has 0 fully saturated rings. The van der Waals surface area contributed by atoms with Crippen molar-refractivity contribution in [2.45, 2.75) is 116 Å². The highest BCUT2D eigenvalue weighted by atomic mass is 16.7. The van der Waals surface area contributed by atoms with Crippen molar-refractivity contribution in [2.24, 2.45) is 0 Å². The summed E-state index contributed by atoms with van der Waals surface area (Å²) in [5.74, 6) is 2.80. The summed E-state index contributed by atoms with van der Waals surface area (Å²) in [6.07, 6.45) is 24.4. The Morgan fingerprint density at radius 2 is 1.33 bits per heavy atom. The Kier molecular flexibility index (Phi) is 14.6. The second-order valence-corrected chi connectivity index (χ2v) is 9.28. The molecule has 188 valence electrons. The van der Waals surface area contributed by atoms with Gasteiger partial charge in [0.15, 0.2) is 11.5 Å². The molecule has 0 radical (unpaired) electrons. The number of benzene rings is 1. The van der Waals surface area contributed by atoms with E-state index < -0.39 is 0 Å². The van der Waals surface area contributed by atoms with Crippen LogP contribution in [0.3, 0.4) is 0 Å². The molecular formula is C29H48O4. The summed E-state index contributed by atoms with van der Waals surface area (Å²) in [5, 5.41) is 0. The molecular weight excluding hydrogens is 412 g/mol. The maximum atomic E-state index is 6.11. The first-order valence-corrected chi connectivity index (χ1v) is 13.5. The van der Waals surface area contributed by atoms with E-state index in [4.69, 9.17) is 18.9 Å². The third-order valence-electron chi connectivity index (χ3n) is 6.46. The SMILES string of the molecule is C=CCc1cc2c(c(OCCCCCCCCCCCCCCCCCC)c1OC)OCO2. The Hall–Kier alpha value is -1.84. The van der Waals surface area contributed by atoms with Gasteiger partial charge in [-0.2, -0.15) is 0 Å². The Morgan fingerprint density at radius 3 is 1.85 bits per heavy atom. The fourth-order valence-electron chi connectivity index (χ4n) is 4.53. The average molecular weight is 461 g/mol. The molecule has 0 spiro atoms. The molecule has 0 atom stereocenters. The van der Waals surface area contributed by atoms with Crippen LogP contribution in [-0.2, 0) is 6.42 Å². The third-order valence-corrected chi connectivity index (χ3v) is 6.46. The van der Waals surface area contributed by atoms with Gasteiger partial charge in [0.05, 0.1) is 13.7 Å². The first-order valence-electron chi connectivity index (χ1n) is 13.5. The van der Waals surface area contributed by atoms with Crippen LogP contribution in [0.25, 0.3) is 0 Å². The summed E-state index contributed by atoms with van der Waals surface area (Å²) in [6, 6.07) is 1.96. The van der Waals surface area contributed by atoms with Crippen molar-refractivity contribution in [1.29, 1.82) is 0 Å². The van der Waals surface area contributed by atoms with Gasteiger partial charge in [-0.15, -0.1) is 6.58 Å². The molecule has 0 aliphatic carbocycles. The van der Waals surface area contributed by atoms with Crippen molar-refractivity contribution >= 4 is 0 Å². The van der Waals surface area contributed by atoms with Gasteiger partial charge in [0.2, 0.25) is 18.3 Å². The van der Waals surface area contributed by atoms with Crippen molar-refractivity contribution in [3.8, 4) is 23.0 Å². The molecule has 0 saturated heterocycles. The lowest BCUT2D eigenvalue weighted by Crippen LogP contribution is -2.03. The van der Waals surface area contributed by atoms with E-state index in [1.165, 1.54) is 96.3 Å². The van der Waals surface area contributed by atoms with E-state index in [9.17, 15) is 0 Å². The van der Waals surface area contributed by atoms with Crippen LogP contribution in [0.4, 0.5) is 0 Å². The molecule has 0 unspecified atom stereocenters. The Labute approximate surface area is 203 Å². The number of hydrogen-bond acceptors (Lipinski definition) is 4. The van der Waals surface area contributed by atoms with Gasteiger partial charge < -0.3 is 18.9 Å². The molecule has 1 aromatic carbocycles. The van der Waals surface area contributed by atoms with E-state index in [0.29, 0.717) is 24.5 Å². The zero-order valence-corrected chi connectivity index (χ0v) is 21.4. The highest BCUT2D eigenvalue weighted by Gasteiger charge is 2.26. The van der Waals surface area contributed by atoms with Crippen LogP contribution in [0.15, 0.2) is 18.7 Å². The topological polar surface area (TPSA) is 36.9 Å². The summed E-state index contributed by atoms with van der Waals surface area (Å²) in [4.78, 5) is 0. The quantitative estimate of drug-likeness (QED) is 0.136. The van der Waals surface area contributed by atoms with Gasteiger partial charge in [0, 0.05) is 5.56 Å². The predicted octanol–water partition coefficient (Wildman–Crippen LogP) is 8.79. The second-order valence-electron chi connectivity index (χ2n) is 9.28. The summed E-state index contributed by atoms with van der Waals surface area (Å²) < 4.78 is 22.9. The molecule has 4 nitrogen and oxygen atoms in total. The number of rotatable bonds is 21. The normalized spacial score (nSPS) is 12.2. The van der Waals surface area contributed by atoms with Gasteiger partial charge in [0.1, 0.15) is 0 Å². The van der Waals surface area contributed by atoms with Crippen LogP contribution in [0, 0.1) is 0 Å². The van der Waals surface area contributed by atoms with Crippen molar-refractivity contribution in [1.82, 2.24) is 0 Å². The van der Waals surface area contributed by atoms with Crippen molar-refractivity contribution in [2.75, 3.05) is 20.5 Å². The van der Waals surface area contributed by atoms with Crippen LogP contribution in [0.2, 0.25) is 0 Å². The molecule has 0 saturated carbocycles. The van der Waals surface area contributed by atoms with E-state index in [1.54, 1.807) is 7.11 Å². The molecule has 0 amide bonds. The Balaban J connectivity index is 1.49. The lowest BCUT2D eigenvalue weighted by atomic mass is 10.0. The molecule has 4 heteroatoms. The van der Waals surface area contributed by atoms with Gasteiger partial charge in [-0.05, 0) is 18.9 Å². The minimum absolute atomic E-state index is 0.228. The molecule has 1 aliphatic heterocycles. The Bertz CT molecular complexity index is 656. The lowest BCUT2D eigenvalue weighted by Gasteiger charge is -2.16. The van der Waals surface area contributed by atoms with Crippen LogP contribution in [0.5, 0.6) is 23.0 Å². The smallest absolute Gasteiger partial charge is 0.231 e. The second kappa shape index (κ2) is 17.6. The molecule has 0 N–H and O–H groups in total. The number of fused-ring (bicyclic) bond motifs is 1. The average Bonchev–Trinajstić information content (AvgIpc) is 3.29. The van der Waals surface area contributed by atoms with Gasteiger partial charge in [-0.1, -0.05) is 109 Å². The summed E-state index contributed by atoms with van der Waals surface area (Å²) in [7, 11) is 1.67. The molecule has 0 aromatic heterocycles. The van der Waals surface area contributed by atoms with Crippen molar-refractivity contribution in [3.05, 3.63) is 24.3 Å². The standard InChI is InChI=1S/C29H48O4/c1-4-6-7-8-9-10-11-12-13-14-15-16-17-18-19-20-22-31-29-27(30-3)25(21-5-2)23-26-28(29)33-24-32-26/h5,23H,2,4,6-22,24H2,1,3H3. The van der Waals surface area contributed by atoms with Crippen molar-refractivity contribution in [3.63, 3.8) is 0 Å². The van der Waals surface area contributed by atoms with Crippen LogP contribution in [0.1, 0.15) is 115 Å². The third kappa shape index (κ3) is 10.3. The lowest BCUT2D eigenvalue weighted by molar-refractivity contribution is 0.168. The minimum atomic E-state index is 0.228. The van der Waals surface area contributed by atoms with Gasteiger partial charge in [0.25, 0.3) is 0 Å². The zero-order chi connectivity index (χ0) is 23.6. The number of methoxy groups -OCH3 is 1. The first-order chi connectivity index (χ1) is 16.3. The van der Waals surface area contributed by atoms with Gasteiger partial charge in [-0.3, -0.25) is 0 Å². The molecule has 1 aromatic rings. The zero-order valence-electron chi connectivity index (χ0n) is 21.4.